The van der Waals surface area contributed by atoms with Gasteiger partial charge in [0.05, 0.1) is 0 Å². The smallest absolute Gasteiger partial charge is 0.159 e. The molecule has 0 N–H and O–H groups in total. The zero-order valence-corrected chi connectivity index (χ0v) is 7.41. The highest BCUT2D eigenvalue weighted by Crippen LogP contribution is 2.13. The maximum Gasteiger partial charge on any atom is 0.159 e. The SMILES string of the molecule is C=C=COc1cccc(C(C)=O)c1. The van der Waals surface area contributed by atoms with Crippen molar-refractivity contribution in [3.8, 4) is 5.75 Å². The predicted octanol–water partition coefficient (Wildman–Crippen LogP) is 2.57. The van der Waals surface area contributed by atoms with Crippen LogP contribution in [-0.4, -0.2) is 5.78 Å². The lowest BCUT2D eigenvalue weighted by molar-refractivity contribution is 0.101. The Bertz CT molecular complexity index is 360. The van der Waals surface area contributed by atoms with Gasteiger partial charge >= 0.3 is 0 Å². The van der Waals surface area contributed by atoms with Crippen LogP contribution in [0.15, 0.2) is 42.8 Å². The molecule has 1 aromatic carbocycles. The first kappa shape index (κ1) is 9.30. The van der Waals surface area contributed by atoms with Gasteiger partial charge in [-0.1, -0.05) is 24.4 Å². The topological polar surface area (TPSA) is 26.3 Å². The van der Waals surface area contributed by atoms with Gasteiger partial charge in [-0.05, 0) is 19.1 Å². The molecule has 0 amide bonds. The van der Waals surface area contributed by atoms with Gasteiger partial charge in [-0.3, -0.25) is 4.79 Å². The van der Waals surface area contributed by atoms with Crippen LogP contribution in [0.2, 0.25) is 0 Å². The molecule has 0 aliphatic heterocycles. The van der Waals surface area contributed by atoms with Gasteiger partial charge in [-0.25, -0.2) is 0 Å². The molecule has 0 atom stereocenters. The molecule has 0 unspecified atom stereocenters. The molecule has 13 heavy (non-hydrogen) atoms. The number of ether oxygens (including phenoxy) is 1. The van der Waals surface area contributed by atoms with Crippen molar-refractivity contribution in [3.63, 3.8) is 0 Å². The summed E-state index contributed by atoms with van der Waals surface area (Å²) >= 11 is 0. The van der Waals surface area contributed by atoms with Gasteiger partial charge in [-0.15, -0.1) is 0 Å². The Morgan fingerprint density at radius 2 is 2.38 bits per heavy atom. The van der Waals surface area contributed by atoms with E-state index in [1.807, 2.05) is 0 Å². The summed E-state index contributed by atoms with van der Waals surface area (Å²) in [5.74, 6) is 0.636. The highest BCUT2D eigenvalue weighted by atomic mass is 16.5. The second-order valence-corrected chi connectivity index (χ2v) is 2.52. The van der Waals surface area contributed by atoms with E-state index < -0.39 is 0 Å². The van der Waals surface area contributed by atoms with Gasteiger partial charge < -0.3 is 4.74 Å². The monoisotopic (exact) mass is 174 g/mol. The standard InChI is InChI=1S/C11H10O2/c1-3-7-13-11-6-4-5-10(8-11)9(2)12/h4-8H,1H2,2H3. The van der Waals surface area contributed by atoms with E-state index >= 15 is 0 Å². The summed E-state index contributed by atoms with van der Waals surface area (Å²) in [7, 11) is 0. The Morgan fingerprint density at radius 1 is 1.62 bits per heavy atom. The number of Topliss-reactive ketones (excluding diaryl/α,β-unsaturated/α-hetero) is 1. The molecular weight excluding hydrogens is 164 g/mol. The van der Waals surface area contributed by atoms with Crippen LogP contribution in [0.4, 0.5) is 0 Å². The number of rotatable bonds is 3. The van der Waals surface area contributed by atoms with E-state index in [1.165, 1.54) is 13.2 Å². The Morgan fingerprint density at radius 3 is 3.00 bits per heavy atom. The summed E-state index contributed by atoms with van der Waals surface area (Å²) in [6.07, 6.45) is 1.35. The van der Waals surface area contributed by atoms with Gasteiger partial charge in [0.15, 0.2) is 5.78 Å². The van der Waals surface area contributed by atoms with E-state index in [2.05, 4.69) is 12.3 Å². The molecule has 0 saturated heterocycles. The van der Waals surface area contributed by atoms with Crippen LogP contribution < -0.4 is 4.74 Å². The van der Waals surface area contributed by atoms with Crippen LogP contribution in [0.3, 0.4) is 0 Å². The summed E-state index contributed by atoms with van der Waals surface area (Å²) in [5.41, 5.74) is 3.12. The number of hydrogen-bond donors (Lipinski definition) is 0. The maximum atomic E-state index is 11.0. The van der Waals surface area contributed by atoms with Crippen LogP contribution in [0, 0.1) is 0 Å². The van der Waals surface area contributed by atoms with Crippen LogP contribution in [0.5, 0.6) is 5.75 Å². The van der Waals surface area contributed by atoms with Gasteiger partial charge in [0.2, 0.25) is 0 Å². The number of carbonyl (C=O) groups is 1. The fourth-order valence-corrected chi connectivity index (χ4v) is 0.898. The van der Waals surface area contributed by atoms with Crippen molar-refractivity contribution >= 4 is 5.78 Å². The van der Waals surface area contributed by atoms with E-state index in [0.29, 0.717) is 11.3 Å². The molecule has 0 aliphatic carbocycles. The Hall–Kier alpha value is -1.79. The summed E-state index contributed by atoms with van der Waals surface area (Å²) in [6, 6.07) is 6.95. The zero-order chi connectivity index (χ0) is 9.68. The van der Waals surface area contributed by atoms with Crippen molar-refractivity contribution in [1.82, 2.24) is 0 Å². The Balaban J connectivity index is 2.91. The van der Waals surface area contributed by atoms with Crippen LogP contribution >= 0.6 is 0 Å². The average molecular weight is 174 g/mol. The molecule has 0 aromatic heterocycles. The van der Waals surface area contributed by atoms with Crippen molar-refractivity contribution in [1.29, 1.82) is 0 Å². The van der Waals surface area contributed by atoms with Crippen LogP contribution in [-0.2, 0) is 0 Å². The highest BCUT2D eigenvalue weighted by Gasteiger charge is 1.99. The van der Waals surface area contributed by atoms with Crippen molar-refractivity contribution in [2.75, 3.05) is 0 Å². The number of ketones is 1. The van der Waals surface area contributed by atoms with Crippen molar-refractivity contribution in [2.24, 2.45) is 0 Å². The minimum Gasteiger partial charge on any atom is -0.457 e. The van der Waals surface area contributed by atoms with Gasteiger partial charge in [0.25, 0.3) is 0 Å². The largest absolute Gasteiger partial charge is 0.457 e. The molecule has 0 fully saturated rings. The molecule has 2 heteroatoms. The second-order valence-electron chi connectivity index (χ2n) is 2.52. The molecule has 2 nitrogen and oxygen atoms in total. The quantitative estimate of drug-likeness (QED) is 0.400. The first-order chi connectivity index (χ1) is 6.24. The average Bonchev–Trinajstić information content (AvgIpc) is 2.15. The lowest BCUT2D eigenvalue weighted by Crippen LogP contribution is -1.91. The van der Waals surface area contributed by atoms with E-state index in [0.717, 1.165) is 0 Å². The molecule has 0 spiro atoms. The van der Waals surface area contributed by atoms with Crippen molar-refractivity contribution in [3.05, 3.63) is 48.4 Å². The third kappa shape index (κ3) is 2.62. The lowest BCUT2D eigenvalue weighted by Gasteiger charge is -2.00. The second kappa shape index (κ2) is 4.29. The van der Waals surface area contributed by atoms with E-state index in [1.54, 1.807) is 24.3 Å². The highest BCUT2D eigenvalue weighted by molar-refractivity contribution is 5.94. The van der Waals surface area contributed by atoms with Crippen molar-refractivity contribution in [2.45, 2.75) is 6.92 Å². The Labute approximate surface area is 77.2 Å². The predicted molar refractivity (Wildman–Crippen MR) is 50.8 cm³/mol. The minimum atomic E-state index is 0.0213. The number of hydrogen-bond acceptors (Lipinski definition) is 2. The van der Waals surface area contributed by atoms with Gasteiger partial charge in [0.1, 0.15) is 12.0 Å². The maximum absolute atomic E-state index is 11.0. The molecule has 1 rings (SSSR count). The van der Waals surface area contributed by atoms with E-state index in [4.69, 9.17) is 4.74 Å². The first-order valence-electron chi connectivity index (χ1n) is 3.86. The summed E-state index contributed by atoms with van der Waals surface area (Å²) in [5, 5.41) is 0. The van der Waals surface area contributed by atoms with Gasteiger partial charge in [-0.2, -0.15) is 0 Å². The summed E-state index contributed by atoms with van der Waals surface area (Å²) in [4.78, 5) is 11.0. The van der Waals surface area contributed by atoms with Crippen LogP contribution in [0.1, 0.15) is 17.3 Å². The van der Waals surface area contributed by atoms with Crippen LogP contribution in [0.25, 0.3) is 0 Å². The third-order valence-corrected chi connectivity index (χ3v) is 1.52. The molecule has 0 radical (unpaired) electrons. The Kier molecular flexibility index (Phi) is 3.07. The molecule has 0 bridgehead atoms. The van der Waals surface area contributed by atoms with Gasteiger partial charge in [0, 0.05) is 5.56 Å². The summed E-state index contributed by atoms with van der Waals surface area (Å²) < 4.78 is 5.10. The normalized spacial score (nSPS) is 8.69. The fraction of sp³-hybridized carbons (Fsp3) is 0.0909. The third-order valence-electron chi connectivity index (χ3n) is 1.52. The molecule has 0 aliphatic rings. The molecule has 0 heterocycles. The number of carbonyl (C=O) groups excluding carboxylic acids is 1. The molecule has 1 aromatic rings. The van der Waals surface area contributed by atoms with Crippen molar-refractivity contribution < 1.29 is 9.53 Å². The minimum absolute atomic E-state index is 0.0213. The fourth-order valence-electron chi connectivity index (χ4n) is 0.898. The lowest BCUT2D eigenvalue weighted by atomic mass is 10.1. The van der Waals surface area contributed by atoms with E-state index in [9.17, 15) is 4.79 Å². The molecule has 66 valence electrons. The van der Waals surface area contributed by atoms with E-state index in [-0.39, 0.29) is 5.78 Å². The number of benzene rings is 1. The summed E-state index contributed by atoms with van der Waals surface area (Å²) in [6.45, 7) is 4.88. The molecule has 0 saturated carbocycles. The molecular formula is C11H10O2. The first-order valence-corrected chi connectivity index (χ1v) is 3.86. The zero-order valence-electron chi connectivity index (χ0n) is 7.41.